The standard InChI is InChI=1S/C31H36N2O6S/c1-21(34)39-29-30(23-11-13-24(36-3)14-12-23)40-28-9-7-6-8-25(28)33(31(29)35)19-18-32(2)17-16-22-10-15-26(37-4)27(20-22)38-5/h6-15,20,29-30H,16-19H2,1-5H3/t29-,30+/m0/s1. The van der Waals surface area contributed by atoms with Crippen LogP contribution in [-0.2, 0) is 20.7 Å². The first kappa shape index (κ1) is 29.3. The number of carbonyl (C=O) groups is 2. The number of anilines is 1. The van der Waals surface area contributed by atoms with E-state index >= 15 is 0 Å². The van der Waals surface area contributed by atoms with Crippen molar-refractivity contribution in [3.05, 3.63) is 77.9 Å². The number of nitrogens with zero attached hydrogens (tertiary/aromatic N) is 2. The summed E-state index contributed by atoms with van der Waals surface area (Å²) in [6.45, 7) is 3.22. The Morgan fingerprint density at radius 1 is 0.925 bits per heavy atom. The predicted octanol–water partition coefficient (Wildman–Crippen LogP) is 5.00. The highest BCUT2D eigenvalue weighted by Crippen LogP contribution is 2.46. The summed E-state index contributed by atoms with van der Waals surface area (Å²) in [6.07, 6.45) is -0.160. The van der Waals surface area contributed by atoms with Gasteiger partial charge in [0.1, 0.15) is 5.75 Å². The smallest absolute Gasteiger partial charge is 0.303 e. The van der Waals surface area contributed by atoms with Crippen molar-refractivity contribution in [1.29, 1.82) is 0 Å². The van der Waals surface area contributed by atoms with Crippen LogP contribution < -0.4 is 19.1 Å². The number of amides is 1. The van der Waals surface area contributed by atoms with Gasteiger partial charge in [-0.3, -0.25) is 9.59 Å². The number of hydrogen-bond donors (Lipinski definition) is 0. The average Bonchev–Trinajstić information content (AvgIpc) is 3.08. The number of likely N-dealkylation sites (N-methyl/N-ethyl adjacent to an activating group) is 1. The summed E-state index contributed by atoms with van der Waals surface area (Å²) >= 11 is 1.53. The molecule has 0 spiro atoms. The van der Waals surface area contributed by atoms with Gasteiger partial charge < -0.3 is 28.7 Å². The lowest BCUT2D eigenvalue weighted by Crippen LogP contribution is -2.45. The second kappa shape index (κ2) is 13.6. The molecule has 1 aliphatic rings. The molecule has 0 radical (unpaired) electrons. The maximum absolute atomic E-state index is 14.0. The third-order valence-electron chi connectivity index (χ3n) is 6.87. The van der Waals surface area contributed by atoms with E-state index < -0.39 is 17.3 Å². The van der Waals surface area contributed by atoms with Gasteiger partial charge in [0, 0.05) is 31.5 Å². The van der Waals surface area contributed by atoms with Crippen molar-refractivity contribution in [2.45, 2.75) is 29.6 Å². The van der Waals surface area contributed by atoms with E-state index in [1.165, 1.54) is 18.7 Å². The van der Waals surface area contributed by atoms with Crippen LogP contribution in [0, 0.1) is 0 Å². The third-order valence-corrected chi connectivity index (χ3v) is 8.24. The Hall–Kier alpha value is -3.69. The number of fused-ring (bicyclic) bond motifs is 1. The molecule has 0 N–H and O–H groups in total. The Balaban J connectivity index is 1.53. The molecule has 0 bridgehead atoms. The van der Waals surface area contributed by atoms with Gasteiger partial charge in [-0.2, -0.15) is 0 Å². The molecule has 4 rings (SSSR count). The maximum atomic E-state index is 14.0. The van der Waals surface area contributed by atoms with Gasteiger partial charge in [-0.1, -0.05) is 30.3 Å². The van der Waals surface area contributed by atoms with Crippen LogP contribution in [0.4, 0.5) is 5.69 Å². The fourth-order valence-electron chi connectivity index (χ4n) is 4.68. The van der Waals surface area contributed by atoms with Crippen LogP contribution in [0.3, 0.4) is 0 Å². The minimum absolute atomic E-state index is 0.234. The Labute approximate surface area is 240 Å². The van der Waals surface area contributed by atoms with Crippen LogP contribution in [0.1, 0.15) is 23.3 Å². The van der Waals surface area contributed by atoms with Crippen LogP contribution in [0.15, 0.2) is 71.6 Å². The monoisotopic (exact) mass is 564 g/mol. The summed E-state index contributed by atoms with van der Waals surface area (Å²) in [6, 6.07) is 21.3. The number of benzene rings is 3. The largest absolute Gasteiger partial charge is 0.497 e. The van der Waals surface area contributed by atoms with E-state index in [1.54, 1.807) is 26.2 Å². The minimum Gasteiger partial charge on any atom is -0.497 e. The van der Waals surface area contributed by atoms with Crippen molar-refractivity contribution >= 4 is 29.3 Å². The Bertz CT molecular complexity index is 1320. The van der Waals surface area contributed by atoms with E-state index in [1.807, 2.05) is 73.8 Å². The molecule has 2 atom stereocenters. The summed E-state index contributed by atoms with van der Waals surface area (Å²) < 4.78 is 21.8. The molecular formula is C31H36N2O6S. The summed E-state index contributed by atoms with van der Waals surface area (Å²) in [5.74, 6) is 1.40. The van der Waals surface area contributed by atoms with E-state index in [-0.39, 0.29) is 5.91 Å². The minimum atomic E-state index is -0.972. The van der Waals surface area contributed by atoms with Crippen molar-refractivity contribution < 1.29 is 28.5 Å². The van der Waals surface area contributed by atoms with Crippen molar-refractivity contribution in [2.24, 2.45) is 0 Å². The van der Waals surface area contributed by atoms with Gasteiger partial charge in [0.05, 0.1) is 32.3 Å². The Morgan fingerprint density at radius 2 is 1.65 bits per heavy atom. The van der Waals surface area contributed by atoms with Crippen LogP contribution in [0.5, 0.6) is 17.2 Å². The lowest BCUT2D eigenvalue weighted by atomic mass is 10.1. The Morgan fingerprint density at radius 3 is 2.33 bits per heavy atom. The van der Waals surface area contributed by atoms with Crippen molar-refractivity contribution in [3.63, 3.8) is 0 Å². The average molecular weight is 565 g/mol. The van der Waals surface area contributed by atoms with Gasteiger partial charge in [-0.05, 0) is 61.0 Å². The highest BCUT2D eigenvalue weighted by Gasteiger charge is 2.40. The van der Waals surface area contributed by atoms with Crippen LogP contribution >= 0.6 is 11.8 Å². The van der Waals surface area contributed by atoms with Crippen molar-refractivity contribution in [1.82, 2.24) is 4.90 Å². The first-order valence-electron chi connectivity index (χ1n) is 13.1. The van der Waals surface area contributed by atoms with Crippen molar-refractivity contribution in [3.8, 4) is 17.2 Å². The molecule has 40 heavy (non-hydrogen) atoms. The highest BCUT2D eigenvalue weighted by molar-refractivity contribution is 7.99. The molecule has 9 heteroatoms. The molecule has 1 heterocycles. The summed E-state index contributed by atoms with van der Waals surface area (Å²) in [5.41, 5.74) is 2.84. The molecule has 0 saturated heterocycles. The lowest BCUT2D eigenvalue weighted by Gasteiger charge is -2.29. The number of esters is 1. The highest BCUT2D eigenvalue weighted by atomic mass is 32.2. The molecule has 8 nitrogen and oxygen atoms in total. The molecular weight excluding hydrogens is 528 g/mol. The molecule has 0 unspecified atom stereocenters. The molecule has 212 valence electrons. The second-order valence-corrected chi connectivity index (χ2v) is 10.7. The molecule has 3 aromatic carbocycles. The number of rotatable bonds is 11. The maximum Gasteiger partial charge on any atom is 0.303 e. The summed E-state index contributed by atoms with van der Waals surface area (Å²) in [5, 5.41) is -0.406. The second-order valence-electron chi connectivity index (χ2n) is 9.54. The molecule has 0 aromatic heterocycles. The summed E-state index contributed by atoms with van der Waals surface area (Å²) in [7, 11) is 6.90. The number of hydrogen-bond acceptors (Lipinski definition) is 8. The van der Waals surface area contributed by atoms with E-state index in [2.05, 4.69) is 4.90 Å². The number of para-hydroxylation sites is 1. The molecule has 1 aliphatic heterocycles. The molecule has 0 saturated carbocycles. The van der Waals surface area contributed by atoms with Gasteiger partial charge in [0.2, 0.25) is 0 Å². The number of carbonyl (C=O) groups excluding carboxylic acids is 2. The molecule has 0 aliphatic carbocycles. The van der Waals surface area contributed by atoms with Crippen LogP contribution in [0.2, 0.25) is 0 Å². The summed E-state index contributed by atoms with van der Waals surface area (Å²) in [4.78, 5) is 31.1. The number of ether oxygens (including phenoxy) is 4. The fraction of sp³-hybridized carbons (Fsp3) is 0.355. The molecule has 3 aromatic rings. The predicted molar refractivity (Wildman–Crippen MR) is 157 cm³/mol. The van der Waals surface area contributed by atoms with E-state index in [0.29, 0.717) is 24.6 Å². The number of methoxy groups -OCH3 is 3. The third kappa shape index (κ3) is 6.89. The zero-order valence-electron chi connectivity index (χ0n) is 23.6. The van der Waals surface area contributed by atoms with Gasteiger partial charge >= 0.3 is 5.97 Å². The first-order valence-corrected chi connectivity index (χ1v) is 14.0. The van der Waals surface area contributed by atoms with Crippen molar-refractivity contribution in [2.75, 3.05) is 52.9 Å². The normalized spacial score (nSPS) is 16.8. The van der Waals surface area contributed by atoms with E-state index in [0.717, 1.165) is 40.4 Å². The van der Waals surface area contributed by atoms with Crippen LogP contribution in [0.25, 0.3) is 0 Å². The zero-order chi connectivity index (χ0) is 28.6. The van der Waals surface area contributed by atoms with Crippen LogP contribution in [-0.4, -0.2) is 70.9 Å². The van der Waals surface area contributed by atoms with Gasteiger partial charge in [-0.25, -0.2) is 0 Å². The molecule has 1 amide bonds. The SMILES string of the molecule is COc1ccc([C@H]2Sc3ccccc3N(CCN(C)CCc3ccc(OC)c(OC)c3)C(=O)[C@H]2OC(C)=O)cc1. The van der Waals surface area contributed by atoms with E-state index in [4.69, 9.17) is 18.9 Å². The van der Waals surface area contributed by atoms with Gasteiger partial charge in [-0.15, -0.1) is 11.8 Å². The quantitative estimate of drug-likeness (QED) is 0.301. The van der Waals surface area contributed by atoms with Gasteiger partial charge in [0.15, 0.2) is 17.6 Å². The topological polar surface area (TPSA) is 77.5 Å². The fourth-order valence-corrected chi connectivity index (χ4v) is 6.00. The Kier molecular flexibility index (Phi) is 9.95. The zero-order valence-corrected chi connectivity index (χ0v) is 24.4. The van der Waals surface area contributed by atoms with Gasteiger partial charge in [0.25, 0.3) is 5.91 Å². The van der Waals surface area contributed by atoms with E-state index in [9.17, 15) is 9.59 Å². The number of thioether (sulfide) groups is 1. The molecule has 0 fully saturated rings. The lowest BCUT2D eigenvalue weighted by molar-refractivity contribution is -0.152. The first-order chi connectivity index (χ1) is 19.3.